The molecule has 2 rings (SSSR count). The lowest BCUT2D eigenvalue weighted by Crippen LogP contribution is -1.98. The van der Waals surface area contributed by atoms with Crippen molar-refractivity contribution in [1.82, 2.24) is 10.2 Å². The fourth-order valence-corrected chi connectivity index (χ4v) is 1.61. The molecule has 1 aromatic carbocycles. The standard InChI is InChI=1S/C10H10BrN3/c11-8-3-1-7(2-4-8)9-6-13-14-10(9)5-12/h1-4,6H,5,12H2,(H,13,14). The number of nitrogens with zero attached hydrogens (tertiary/aromatic N) is 1. The molecule has 3 nitrogen and oxygen atoms in total. The second-order valence-electron chi connectivity index (χ2n) is 2.97. The summed E-state index contributed by atoms with van der Waals surface area (Å²) in [5.41, 5.74) is 8.74. The number of rotatable bonds is 2. The van der Waals surface area contributed by atoms with Crippen LogP contribution >= 0.6 is 15.9 Å². The summed E-state index contributed by atoms with van der Waals surface area (Å²) in [6, 6.07) is 8.08. The molecule has 0 fully saturated rings. The van der Waals surface area contributed by atoms with E-state index in [-0.39, 0.29) is 0 Å². The van der Waals surface area contributed by atoms with Crippen LogP contribution in [0.4, 0.5) is 0 Å². The van der Waals surface area contributed by atoms with E-state index >= 15 is 0 Å². The molecule has 0 unspecified atom stereocenters. The maximum atomic E-state index is 5.58. The average Bonchev–Trinajstić information content (AvgIpc) is 2.67. The van der Waals surface area contributed by atoms with Gasteiger partial charge in [-0.25, -0.2) is 0 Å². The SMILES string of the molecule is NCc1[nH]ncc1-c1ccc(Br)cc1. The van der Waals surface area contributed by atoms with Gasteiger partial charge in [0.15, 0.2) is 0 Å². The number of aromatic nitrogens is 2. The minimum absolute atomic E-state index is 0.478. The van der Waals surface area contributed by atoms with Crippen molar-refractivity contribution in [2.75, 3.05) is 0 Å². The molecule has 0 aliphatic heterocycles. The molecule has 1 heterocycles. The molecule has 0 amide bonds. The van der Waals surface area contributed by atoms with Crippen LogP contribution in [0.2, 0.25) is 0 Å². The Morgan fingerprint density at radius 2 is 2.00 bits per heavy atom. The van der Waals surface area contributed by atoms with Crippen LogP contribution in [0.15, 0.2) is 34.9 Å². The summed E-state index contributed by atoms with van der Waals surface area (Å²) in [7, 11) is 0. The van der Waals surface area contributed by atoms with Crippen molar-refractivity contribution in [3.63, 3.8) is 0 Å². The van der Waals surface area contributed by atoms with Crippen molar-refractivity contribution in [3.05, 3.63) is 40.6 Å². The summed E-state index contributed by atoms with van der Waals surface area (Å²) >= 11 is 3.40. The Bertz CT molecular complexity index is 419. The smallest absolute Gasteiger partial charge is 0.0569 e. The maximum Gasteiger partial charge on any atom is 0.0569 e. The van der Waals surface area contributed by atoms with Crippen molar-refractivity contribution in [3.8, 4) is 11.1 Å². The molecule has 4 heteroatoms. The van der Waals surface area contributed by atoms with Gasteiger partial charge in [-0.2, -0.15) is 5.10 Å². The normalized spacial score (nSPS) is 10.4. The number of aromatic amines is 1. The fourth-order valence-electron chi connectivity index (χ4n) is 1.35. The van der Waals surface area contributed by atoms with E-state index in [2.05, 4.69) is 26.1 Å². The lowest BCUT2D eigenvalue weighted by atomic mass is 10.1. The average molecular weight is 252 g/mol. The van der Waals surface area contributed by atoms with Crippen LogP contribution in [0.25, 0.3) is 11.1 Å². The third-order valence-corrected chi connectivity index (χ3v) is 2.61. The molecule has 2 aromatic rings. The topological polar surface area (TPSA) is 54.7 Å². The Balaban J connectivity index is 2.44. The first kappa shape index (κ1) is 9.43. The summed E-state index contributed by atoms with van der Waals surface area (Å²) in [6.45, 7) is 0.478. The third-order valence-electron chi connectivity index (χ3n) is 2.08. The molecule has 0 saturated heterocycles. The zero-order valence-corrected chi connectivity index (χ0v) is 9.08. The molecule has 0 bridgehead atoms. The molecule has 3 N–H and O–H groups in total. The molecule has 0 saturated carbocycles. The molecule has 1 aromatic heterocycles. The van der Waals surface area contributed by atoms with Gasteiger partial charge in [0.2, 0.25) is 0 Å². The largest absolute Gasteiger partial charge is 0.325 e. The minimum atomic E-state index is 0.478. The van der Waals surface area contributed by atoms with Crippen molar-refractivity contribution < 1.29 is 0 Å². The Morgan fingerprint density at radius 3 is 2.64 bits per heavy atom. The summed E-state index contributed by atoms with van der Waals surface area (Å²) in [4.78, 5) is 0. The van der Waals surface area contributed by atoms with E-state index < -0.39 is 0 Å². The molecular formula is C10H10BrN3. The lowest BCUT2D eigenvalue weighted by molar-refractivity contribution is 0.948. The number of benzene rings is 1. The van der Waals surface area contributed by atoms with E-state index in [9.17, 15) is 0 Å². The number of H-pyrrole nitrogens is 1. The first-order valence-electron chi connectivity index (χ1n) is 4.29. The quantitative estimate of drug-likeness (QED) is 0.861. The van der Waals surface area contributed by atoms with Gasteiger partial charge in [0.25, 0.3) is 0 Å². The zero-order chi connectivity index (χ0) is 9.97. The molecule has 0 aliphatic carbocycles. The predicted octanol–water partition coefficient (Wildman–Crippen LogP) is 2.30. The number of hydrogen-bond acceptors (Lipinski definition) is 2. The summed E-state index contributed by atoms with van der Waals surface area (Å²) < 4.78 is 1.07. The van der Waals surface area contributed by atoms with Gasteiger partial charge in [0.05, 0.1) is 11.9 Å². The highest BCUT2D eigenvalue weighted by Crippen LogP contribution is 2.23. The fraction of sp³-hybridized carbons (Fsp3) is 0.100. The van der Waals surface area contributed by atoms with Gasteiger partial charge in [-0.3, -0.25) is 5.10 Å². The van der Waals surface area contributed by atoms with Crippen LogP contribution in [0, 0.1) is 0 Å². The highest BCUT2D eigenvalue weighted by atomic mass is 79.9. The molecule has 72 valence electrons. The third kappa shape index (κ3) is 1.71. The highest BCUT2D eigenvalue weighted by molar-refractivity contribution is 9.10. The summed E-state index contributed by atoms with van der Waals surface area (Å²) in [5.74, 6) is 0. The van der Waals surface area contributed by atoms with Gasteiger partial charge >= 0.3 is 0 Å². The second kappa shape index (κ2) is 3.94. The van der Waals surface area contributed by atoms with E-state index in [0.717, 1.165) is 21.3 Å². The molecule has 0 radical (unpaired) electrons. The van der Waals surface area contributed by atoms with E-state index in [1.807, 2.05) is 24.3 Å². The first-order valence-corrected chi connectivity index (χ1v) is 5.09. The van der Waals surface area contributed by atoms with Gasteiger partial charge < -0.3 is 5.73 Å². The second-order valence-corrected chi connectivity index (χ2v) is 3.89. The number of halogens is 1. The summed E-state index contributed by atoms with van der Waals surface area (Å²) in [5, 5.41) is 6.86. The van der Waals surface area contributed by atoms with Gasteiger partial charge in [-0.1, -0.05) is 28.1 Å². The number of hydrogen-bond donors (Lipinski definition) is 2. The Labute approximate surface area is 90.5 Å². The van der Waals surface area contributed by atoms with Crippen molar-refractivity contribution in [1.29, 1.82) is 0 Å². The van der Waals surface area contributed by atoms with Crippen LogP contribution in [-0.4, -0.2) is 10.2 Å². The molecule has 0 atom stereocenters. The van der Waals surface area contributed by atoms with Crippen LogP contribution in [-0.2, 0) is 6.54 Å². The van der Waals surface area contributed by atoms with Crippen LogP contribution in [0.1, 0.15) is 5.69 Å². The van der Waals surface area contributed by atoms with Gasteiger partial charge in [0.1, 0.15) is 0 Å². The van der Waals surface area contributed by atoms with E-state index in [0.29, 0.717) is 6.54 Å². The Kier molecular flexibility index (Phi) is 2.65. The summed E-state index contributed by atoms with van der Waals surface area (Å²) in [6.07, 6.45) is 1.80. The van der Waals surface area contributed by atoms with Crippen LogP contribution < -0.4 is 5.73 Å². The number of nitrogens with one attached hydrogen (secondary N) is 1. The van der Waals surface area contributed by atoms with E-state index in [1.165, 1.54) is 0 Å². The van der Waals surface area contributed by atoms with Crippen molar-refractivity contribution in [2.45, 2.75) is 6.54 Å². The van der Waals surface area contributed by atoms with Gasteiger partial charge in [-0.05, 0) is 17.7 Å². The van der Waals surface area contributed by atoms with Gasteiger partial charge in [-0.15, -0.1) is 0 Å². The Morgan fingerprint density at radius 1 is 1.29 bits per heavy atom. The van der Waals surface area contributed by atoms with Crippen molar-refractivity contribution >= 4 is 15.9 Å². The zero-order valence-electron chi connectivity index (χ0n) is 7.50. The lowest BCUT2D eigenvalue weighted by Gasteiger charge is -2.00. The molecule has 0 spiro atoms. The molecule has 14 heavy (non-hydrogen) atoms. The van der Waals surface area contributed by atoms with Crippen LogP contribution in [0.5, 0.6) is 0 Å². The Hall–Kier alpha value is -1.13. The molecular weight excluding hydrogens is 242 g/mol. The van der Waals surface area contributed by atoms with Crippen LogP contribution in [0.3, 0.4) is 0 Å². The highest BCUT2D eigenvalue weighted by Gasteiger charge is 2.04. The van der Waals surface area contributed by atoms with E-state index in [4.69, 9.17) is 5.73 Å². The minimum Gasteiger partial charge on any atom is -0.325 e. The first-order chi connectivity index (χ1) is 6.81. The predicted molar refractivity (Wildman–Crippen MR) is 59.6 cm³/mol. The van der Waals surface area contributed by atoms with Gasteiger partial charge in [0, 0.05) is 16.6 Å². The number of nitrogens with two attached hydrogens (primary N) is 1. The molecule has 0 aliphatic rings. The maximum absolute atomic E-state index is 5.58. The monoisotopic (exact) mass is 251 g/mol. The van der Waals surface area contributed by atoms with E-state index in [1.54, 1.807) is 6.20 Å². The van der Waals surface area contributed by atoms with Crippen molar-refractivity contribution in [2.24, 2.45) is 5.73 Å².